The van der Waals surface area contributed by atoms with Gasteiger partial charge in [0, 0.05) is 20.7 Å². The van der Waals surface area contributed by atoms with Crippen LogP contribution in [0.2, 0.25) is 10.0 Å². The summed E-state index contributed by atoms with van der Waals surface area (Å²) in [5.41, 5.74) is 1.48. The van der Waals surface area contributed by atoms with Crippen LogP contribution in [0.5, 0.6) is 11.5 Å². The number of thiophene rings is 1. The molecule has 0 saturated heterocycles. The summed E-state index contributed by atoms with van der Waals surface area (Å²) in [7, 11) is 0. The van der Waals surface area contributed by atoms with Gasteiger partial charge in [0.15, 0.2) is 17.2 Å². The van der Waals surface area contributed by atoms with E-state index in [0.717, 1.165) is 10.1 Å². The molecule has 4 aromatic rings. The summed E-state index contributed by atoms with van der Waals surface area (Å²) in [6.07, 6.45) is 1.58. The molecule has 1 aromatic heterocycles. The molecule has 36 heavy (non-hydrogen) atoms. The van der Waals surface area contributed by atoms with Crippen molar-refractivity contribution in [2.75, 3.05) is 6.61 Å². The van der Waals surface area contributed by atoms with Gasteiger partial charge in [-0.15, -0.1) is 11.3 Å². The molecule has 9 heteroatoms. The first-order valence-corrected chi connectivity index (χ1v) is 12.4. The van der Waals surface area contributed by atoms with Gasteiger partial charge in [-0.3, -0.25) is 0 Å². The lowest BCUT2D eigenvalue weighted by Crippen LogP contribution is -2.08. The first-order valence-electron chi connectivity index (χ1n) is 10.9. The zero-order valence-corrected chi connectivity index (χ0v) is 21.1. The molecule has 0 unspecified atom stereocenters. The molecular formula is C27H17Cl2NO5S. The van der Waals surface area contributed by atoms with Crippen LogP contribution in [-0.2, 0) is 9.53 Å². The first kappa shape index (κ1) is 24.1. The molecule has 1 aliphatic heterocycles. The lowest BCUT2D eigenvalue weighted by molar-refractivity contribution is -0.129. The number of halogens is 2. The van der Waals surface area contributed by atoms with Crippen molar-refractivity contribution in [1.82, 2.24) is 0 Å². The highest BCUT2D eigenvalue weighted by Crippen LogP contribution is 2.38. The Morgan fingerprint density at radius 1 is 1.06 bits per heavy atom. The molecule has 3 aromatic carbocycles. The molecule has 0 N–H and O–H groups in total. The van der Waals surface area contributed by atoms with Gasteiger partial charge in [-0.2, -0.15) is 0 Å². The summed E-state index contributed by atoms with van der Waals surface area (Å²) in [6, 6.07) is 19.3. The third kappa shape index (κ3) is 4.86. The predicted octanol–water partition coefficient (Wildman–Crippen LogP) is 7.17. The zero-order chi connectivity index (χ0) is 25.2. The smallest absolute Gasteiger partial charge is 0.363 e. The van der Waals surface area contributed by atoms with Crippen molar-refractivity contribution in [3.05, 3.63) is 98.5 Å². The normalized spacial score (nSPS) is 14.1. The van der Waals surface area contributed by atoms with Crippen LogP contribution in [-0.4, -0.2) is 24.4 Å². The topological polar surface area (TPSA) is 74.2 Å². The van der Waals surface area contributed by atoms with Gasteiger partial charge in [0.2, 0.25) is 5.90 Å². The van der Waals surface area contributed by atoms with Gasteiger partial charge in [-0.05, 0) is 55.0 Å². The number of fused-ring (bicyclic) bond motifs is 1. The summed E-state index contributed by atoms with van der Waals surface area (Å²) < 4.78 is 17.4. The summed E-state index contributed by atoms with van der Waals surface area (Å²) in [4.78, 5) is 29.9. The minimum absolute atomic E-state index is 0.150. The molecule has 0 bridgehead atoms. The van der Waals surface area contributed by atoms with Crippen molar-refractivity contribution < 1.29 is 23.8 Å². The standard InChI is InChI=1S/C27H17Cl2NO5S/c1-2-33-21-13-15(12-19-26(31)35-25(30-19)16-6-4-3-5-7-16)8-11-20(21)34-27(32)24-23(29)18-10-9-17(28)14-22(18)36-24/h3-14H,2H2,1H3/b19-12+. The Morgan fingerprint density at radius 2 is 1.86 bits per heavy atom. The van der Waals surface area contributed by atoms with E-state index in [4.69, 9.17) is 37.4 Å². The number of carbonyl (C=O) groups excluding carboxylic acids is 2. The lowest BCUT2D eigenvalue weighted by atomic mass is 10.1. The predicted molar refractivity (Wildman–Crippen MR) is 141 cm³/mol. The van der Waals surface area contributed by atoms with E-state index in [2.05, 4.69) is 4.99 Å². The number of benzene rings is 3. The minimum atomic E-state index is -0.610. The van der Waals surface area contributed by atoms with Crippen LogP contribution in [0.3, 0.4) is 0 Å². The zero-order valence-electron chi connectivity index (χ0n) is 18.8. The van der Waals surface area contributed by atoms with Gasteiger partial charge >= 0.3 is 11.9 Å². The molecule has 0 atom stereocenters. The fraction of sp³-hybridized carbons (Fsp3) is 0.0741. The number of hydrogen-bond donors (Lipinski definition) is 0. The molecule has 0 amide bonds. The monoisotopic (exact) mass is 537 g/mol. The quantitative estimate of drug-likeness (QED) is 0.148. The third-order valence-corrected chi connectivity index (χ3v) is 7.06. The number of carbonyl (C=O) groups is 2. The van der Waals surface area contributed by atoms with Crippen LogP contribution in [0.1, 0.15) is 27.7 Å². The van der Waals surface area contributed by atoms with E-state index in [0.29, 0.717) is 33.5 Å². The van der Waals surface area contributed by atoms with Crippen LogP contribution in [0, 0.1) is 0 Å². The van der Waals surface area contributed by atoms with E-state index < -0.39 is 11.9 Å². The highest BCUT2D eigenvalue weighted by atomic mass is 35.5. The fourth-order valence-corrected chi connectivity index (χ4v) is 5.22. The number of esters is 2. The highest BCUT2D eigenvalue weighted by molar-refractivity contribution is 7.21. The summed E-state index contributed by atoms with van der Waals surface area (Å²) in [6.45, 7) is 2.15. The summed E-state index contributed by atoms with van der Waals surface area (Å²) in [5.74, 6) is -0.372. The average molecular weight is 538 g/mol. The number of hydrogen-bond acceptors (Lipinski definition) is 7. The number of ether oxygens (including phenoxy) is 3. The van der Waals surface area contributed by atoms with E-state index in [1.807, 2.05) is 37.3 Å². The minimum Gasteiger partial charge on any atom is -0.490 e. The molecule has 1 aliphatic rings. The first-order chi connectivity index (χ1) is 17.4. The Labute approximate surface area is 220 Å². The summed E-state index contributed by atoms with van der Waals surface area (Å²) >= 11 is 13.7. The largest absolute Gasteiger partial charge is 0.490 e. The Kier molecular flexibility index (Phi) is 6.78. The van der Waals surface area contributed by atoms with Crippen LogP contribution >= 0.6 is 34.5 Å². The Hall–Kier alpha value is -3.65. The summed E-state index contributed by atoms with van der Waals surface area (Å²) in [5, 5.41) is 1.58. The van der Waals surface area contributed by atoms with Crippen molar-refractivity contribution in [1.29, 1.82) is 0 Å². The fourth-order valence-electron chi connectivity index (χ4n) is 3.55. The van der Waals surface area contributed by atoms with Crippen LogP contribution in [0.25, 0.3) is 16.2 Å². The van der Waals surface area contributed by atoms with Gasteiger partial charge in [0.1, 0.15) is 4.88 Å². The average Bonchev–Trinajstić information content (AvgIpc) is 3.40. The maximum Gasteiger partial charge on any atom is 0.363 e. The second-order valence-electron chi connectivity index (χ2n) is 7.62. The van der Waals surface area contributed by atoms with E-state index in [9.17, 15) is 9.59 Å². The van der Waals surface area contributed by atoms with Gasteiger partial charge in [0.05, 0.1) is 11.6 Å². The second-order valence-corrected chi connectivity index (χ2v) is 9.48. The third-order valence-electron chi connectivity index (χ3n) is 5.19. The van der Waals surface area contributed by atoms with Crippen molar-refractivity contribution in [3.8, 4) is 11.5 Å². The maximum atomic E-state index is 12.9. The van der Waals surface area contributed by atoms with E-state index in [1.54, 1.807) is 42.5 Å². The molecule has 6 nitrogen and oxygen atoms in total. The van der Waals surface area contributed by atoms with Crippen molar-refractivity contribution in [2.45, 2.75) is 6.92 Å². The number of rotatable bonds is 6. The second kappa shape index (κ2) is 10.1. The Morgan fingerprint density at radius 3 is 2.64 bits per heavy atom. The van der Waals surface area contributed by atoms with Crippen LogP contribution in [0.4, 0.5) is 0 Å². The molecule has 0 radical (unpaired) electrons. The number of nitrogens with zero attached hydrogens (tertiary/aromatic N) is 1. The Balaban J connectivity index is 1.42. The SMILES string of the molecule is CCOc1cc(/C=C2/N=C(c3ccccc3)OC2=O)ccc1OC(=O)c1sc2cc(Cl)ccc2c1Cl. The molecule has 0 fully saturated rings. The van der Waals surface area contributed by atoms with Gasteiger partial charge in [-0.1, -0.05) is 53.5 Å². The maximum absolute atomic E-state index is 12.9. The Bertz CT molecular complexity index is 1560. The van der Waals surface area contributed by atoms with Gasteiger partial charge in [-0.25, -0.2) is 14.6 Å². The van der Waals surface area contributed by atoms with E-state index in [1.165, 1.54) is 11.3 Å². The van der Waals surface area contributed by atoms with Gasteiger partial charge < -0.3 is 14.2 Å². The molecule has 0 saturated carbocycles. The van der Waals surface area contributed by atoms with Gasteiger partial charge in [0.25, 0.3) is 0 Å². The molecule has 180 valence electrons. The number of aliphatic imine (C=N–C) groups is 1. The highest BCUT2D eigenvalue weighted by Gasteiger charge is 2.25. The lowest BCUT2D eigenvalue weighted by Gasteiger charge is -2.11. The molecule has 2 heterocycles. The molecule has 0 spiro atoms. The van der Waals surface area contributed by atoms with Crippen molar-refractivity contribution in [2.24, 2.45) is 4.99 Å². The molecule has 0 aliphatic carbocycles. The number of cyclic esters (lactones) is 1. The molecule has 5 rings (SSSR count). The molecular weight excluding hydrogens is 521 g/mol. The van der Waals surface area contributed by atoms with Crippen molar-refractivity contribution >= 4 is 68.5 Å². The van der Waals surface area contributed by atoms with Crippen LogP contribution < -0.4 is 9.47 Å². The van der Waals surface area contributed by atoms with E-state index in [-0.39, 0.29) is 22.2 Å². The van der Waals surface area contributed by atoms with Crippen molar-refractivity contribution in [3.63, 3.8) is 0 Å². The van der Waals surface area contributed by atoms with E-state index >= 15 is 0 Å². The van der Waals surface area contributed by atoms with Crippen LogP contribution in [0.15, 0.2) is 77.4 Å².